The molecule has 0 amide bonds. The molecule has 1 N–H and O–H groups in total. The van der Waals surface area contributed by atoms with Crippen LogP contribution in [0.4, 0.5) is 0 Å². The van der Waals surface area contributed by atoms with Crippen LogP contribution < -0.4 is 10.1 Å². The highest BCUT2D eigenvalue weighted by Crippen LogP contribution is 2.39. The molecule has 2 nitrogen and oxygen atoms in total. The summed E-state index contributed by atoms with van der Waals surface area (Å²) in [7, 11) is 0. The van der Waals surface area contributed by atoms with Crippen molar-refractivity contribution in [1.29, 1.82) is 0 Å². The third-order valence-corrected chi connectivity index (χ3v) is 3.48. The highest BCUT2D eigenvalue weighted by atomic mass is 35.5. The fraction of sp³-hybridized carbons (Fsp3) is 0.500. The number of aryl methyl sites for hydroxylation is 1. The van der Waals surface area contributed by atoms with E-state index in [0.29, 0.717) is 12.6 Å². The van der Waals surface area contributed by atoms with Crippen LogP contribution in [0.2, 0.25) is 5.02 Å². The minimum atomic E-state index is 0.295. The molecule has 0 saturated heterocycles. The zero-order chi connectivity index (χ0) is 11.0. The Balaban J connectivity index is 2.48. The molecule has 1 atom stereocenters. The Morgan fingerprint density at radius 3 is 2.93 bits per heavy atom. The Bertz CT molecular complexity index is 390. The molecule has 1 aromatic rings. The second-order valence-electron chi connectivity index (χ2n) is 3.97. The Morgan fingerprint density at radius 2 is 2.27 bits per heavy atom. The van der Waals surface area contributed by atoms with Crippen LogP contribution in [-0.4, -0.2) is 13.2 Å². The van der Waals surface area contributed by atoms with Crippen LogP contribution in [0.15, 0.2) is 6.07 Å². The number of likely N-dealkylation sites (N-methyl/N-ethyl adjacent to an activating group) is 1. The second kappa shape index (κ2) is 4.03. The second-order valence-corrected chi connectivity index (χ2v) is 4.34. The van der Waals surface area contributed by atoms with E-state index in [1.165, 1.54) is 5.56 Å². The van der Waals surface area contributed by atoms with Crippen molar-refractivity contribution in [1.82, 2.24) is 5.32 Å². The van der Waals surface area contributed by atoms with Gasteiger partial charge < -0.3 is 10.1 Å². The first-order valence-electron chi connectivity index (χ1n) is 5.31. The van der Waals surface area contributed by atoms with E-state index in [-0.39, 0.29) is 0 Å². The van der Waals surface area contributed by atoms with Gasteiger partial charge in [0.15, 0.2) is 0 Å². The molecular formula is C12H16ClNO. The maximum absolute atomic E-state index is 6.24. The summed E-state index contributed by atoms with van der Waals surface area (Å²) in [6.45, 7) is 7.83. The van der Waals surface area contributed by atoms with E-state index in [1.54, 1.807) is 0 Å². The number of hydrogen-bond acceptors (Lipinski definition) is 2. The molecule has 1 aliphatic heterocycles. The van der Waals surface area contributed by atoms with E-state index in [0.717, 1.165) is 28.4 Å². The molecule has 0 aromatic heterocycles. The minimum Gasteiger partial charge on any atom is -0.491 e. The van der Waals surface area contributed by atoms with Gasteiger partial charge in [0.05, 0.1) is 6.04 Å². The van der Waals surface area contributed by atoms with E-state index >= 15 is 0 Å². The highest BCUT2D eigenvalue weighted by molar-refractivity contribution is 6.32. The fourth-order valence-corrected chi connectivity index (χ4v) is 2.31. The van der Waals surface area contributed by atoms with Crippen molar-refractivity contribution in [3.05, 3.63) is 27.8 Å². The summed E-state index contributed by atoms with van der Waals surface area (Å²) >= 11 is 6.24. The van der Waals surface area contributed by atoms with Crippen LogP contribution in [-0.2, 0) is 0 Å². The first-order chi connectivity index (χ1) is 7.15. The average Bonchev–Trinajstić information content (AvgIpc) is 2.59. The third-order valence-electron chi connectivity index (χ3n) is 2.90. The largest absolute Gasteiger partial charge is 0.491 e. The van der Waals surface area contributed by atoms with Crippen LogP contribution in [0.3, 0.4) is 0 Å². The molecule has 15 heavy (non-hydrogen) atoms. The fourth-order valence-electron chi connectivity index (χ4n) is 2.15. The maximum atomic E-state index is 6.24. The van der Waals surface area contributed by atoms with Gasteiger partial charge >= 0.3 is 0 Å². The number of fused-ring (bicyclic) bond motifs is 1. The lowest BCUT2D eigenvalue weighted by Gasteiger charge is -2.13. The number of nitrogens with one attached hydrogen (secondary N) is 1. The van der Waals surface area contributed by atoms with Crippen molar-refractivity contribution in [2.24, 2.45) is 0 Å². The molecule has 0 saturated carbocycles. The molecule has 0 aliphatic carbocycles. The van der Waals surface area contributed by atoms with Gasteiger partial charge in [0.25, 0.3) is 0 Å². The molecule has 2 rings (SSSR count). The first-order valence-corrected chi connectivity index (χ1v) is 5.68. The van der Waals surface area contributed by atoms with Gasteiger partial charge in [0.1, 0.15) is 12.4 Å². The summed E-state index contributed by atoms with van der Waals surface area (Å²) in [5.41, 5.74) is 3.47. The van der Waals surface area contributed by atoms with E-state index in [9.17, 15) is 0 Å². The van der Waals surface area contributed by atoms with Crippen molar-refractivity contribution < 1.29 is 4.74 Å². The summed E-state index contributed by atoms with van der Waals surface area (Å²) in [6.07, 6.45) is 0. The minimum absolute atomic E-state index is 0.295. The van der Waals surface area contributed by atoms with Gasteiger partial charge in [-0.2, -0.15) is 0 Å². The van der Waals surface area contributed by atoms with E-state index in [4.69, 9.17) is 16.3 Å². The molecule has 3 heteroatoms. The molecule has 82 valence electrons. The Labute approximate surface area is 95.6 Å². The zero-order valence-corrected chi connectivity index (χ0v) is 10.1. The van der Waals surface area contributed by atoms with Crippen LogP contribution in [0.1, 0.15) is 29.7 Å². The molecule has 1 unspecified atom stereocenters. The number of halogens is 1. The molecule has 1 aliphatic rings. The van der Waals surface area contributed by atoms with Crippen LogP contribution in [0.5, 0.6) is 5.75 Å². The number of ether oxygens (including phenoxy) is 1. The van der Waals surface area contributed by atoms with E-state index in [1.807, 2.05) is 13.0 Å². The maximum Gasteiger partial charge on any atom is 0.124 e. The number of hydrogen-bond donors (Lipinski definition) is 1. The van der Waals surface area contributed by atoms with Gasteiger partial charge in [-0.05, 0) is 37.6 Å². The summed E-state index contributed by atoms with van der Waals surface area (Å²) in [6, 6.07) is 2.32. The standard InChI is InChI=1S/C12H16ClNO/c1-4-14-9-6-15-10-5-7(2)12(13)8(3)11(9)10/h5,9,14H,4,6H2,1-3H3. The molecule has 0 fully saturated rings. The van der Waals surface area contributed by atoms with E-state index < -0.39 is 0 Å². The van der Waals surface area contributed by atoms with Crippen LogP contribution in [0.25, 0.3) is 0 Å². The molecule has 1 heterocycles. The quantitative estimate of drug-likeness (QED) is 0.836. The normalized spacial score (nSPS) is 18.8. The summed E-state index contributed by atoms with van der Waals surface area (Å²) in [5, 5.41) is 4.27. The van der Waals surface area contributed by atoms with Crippen molar-refractivity contribution in [3.63, 3.8) is 0 Å². The smallest absolute Gasteiger partial charge is 0.124 e. The average molecular weight is 226 g/mol. The molecule has 0 radical (unpaired) electrons. The highest BCUT2D eigenvalue weighted by Gasteiger charge is 2.27. The van der Waals surface area contributed by atoms with Gasteiger partial charge in [-0.15, -0.1) is 0 Å². The van der Waals surface area contributed by atoms with Gasteiger partial charge in [-0.25, -0.2) is 0 Å². The van der Waals surface area contributed by atoms with Crippen molar-refractivity contribution in [2.45, 2.75) is 26.8 Å². The summed E-state index contributed by atoms with van der Waals surface area (Å²) in [4.78, 5) is 0. The van der Waals surface area contributed by atoms with Crippen molar-refractivity contribution in [3.8, 4) is 5.75 Å². The predicted molar refractivity (Wildman–Crippen MR) is 62.8 cm³/mol. The van der Waals surface area contributed by atoms with Gasteiger partial charge in [-0.3, -0.25) is 0 Å². The lowest BCUT2D eigenvalue weighted by Crippen LogP contribution is -2.22. The summed E-state index contributed by atoms with van der Waals surface area (Å²) < 4.78 is 5.66. The lowest BCUT2D eigenvalue weighted by atomic mass is 10.00. The SMILES string of the molecule is CCNC1COc2cc(C)c(Cl)c(C)c21. The first kappa shape index (κ1) is 10.8. The van der Waals surface area contributed by atoms with Crippen molar-refractivity contribution in [2.75, 3.05) is 13.2 Å². The van der Waals surface area contributed by atoms with Crippen molar-refractivity contribution >= 4 is 11.6 Å². The predicted octanol–water partition coefficient (Wildman–Crippen LogP) is 3.00. The van der Waals surface area contributed by atoms with Crippen LogP contribution >= 0.6 is 11.6 Å². The van der Waals surface area contributed by atoms with E-state index in [2.05, 4.69) is 19.2 Å². The molecule has 0 spiro atoms. The zero-order valence-electron chi connectivity index (χ0n) is 9.36. The topological polar surface area (TPSA) is 21.3 Å². The molecule has 1 aromatic carbocycles. The van der Waals surface area contributed by atoms with Gasteiger partial charge in [0.2, 0.25) is 0 Å². The monoisotopic (exact) mass is 225 g/mol. The third kappa shape index (κ3) is 1.72. The van der Waals surface area contributed by atoms with Gasteiger partial charge in [0, 0.05) is 10.6 Å². The number of rotatable bonds is 2. The summed E-state index contributed by atoms with van der Waals surface area (Å²) in [5.74, 6) is 0.986. The Hall–Kier alpha value is -0.730. The van der Waals surface area contributed by atoms with Gasteiger partial charge in [-0.1, -0.05) is 18.5 Å². The Morgan fingerprint density at radius 1 is 1.53 bits per heavy atom. The Kier molecular flexibility index (Phi) is 2.89. The lowest BCUT2D eigenvalue weighted by molar-refractivity contribution is 0.313. The molecular weight excluding hydrogens is 210 g/mol. The molecule has 0 bridgehead atoms. The number of benzene rings is 1. The van der Waals surface area contributed by atoms with Crippen LogP contribution in [0, 0.1) is 13.8 Å².